The highest BCUT2D eigenvalue weighted by molar-refractivity contribution is 8.00. The van der Waals surface area contributed by atoms with E-state index in [0.717, 1.165) is 5.56 Å². The third kappa shape index (κ3) is 6.51. The molecule has 8 nitrogen and oxygen atoms in total. The lowest BCUT2D eigenvalue weighted by Crippen LogP contribution is -2.28. The average molecular weight is 599 g/mol. The Hall–Kier alpha value is -3.34. The quantitative estimate of drug-likeness (QED) is 0.181. The summed E-state index contributed by atoms with van der Waals surface area (Å²) in [5.74, 6) is 0.258. The van der Waals surface area contributed by atoms with Crippen LogP contribution in [0.15, 0.2) is 58.5 Å². The van der Waals surface area contributed by atoms with Crippen LogP contribution in [0.2, 0.25) is 5.02 Å². The van der Waals surface area contributed by atoms with Crippen LogP contribution in [0.4, 0.5) is 5.69 Å². The van der Waals surface area contributed by atoms with Crippen molar-refractivity contribution >= 4 is 62.4 Å². The number of methoxy groups -OCH3 is 1. The molecule has 0 saturated carbocycles. The molecule has 2 aromatic heterocycles. The third-order valence-electron chi connectivity index (χ3n) is 6.40. The van der Waals surface area contributed by atoms with Crippen LogP contribution in [0.25, 0.3) is 10.2 Å². The van der Waals surface area contributed by atoms with Crippen LogP contribution in [0.1, 0.15) is 34.1 Å². The SMILES string of the molecule is CC[C@@H](Sc1nc2sc(C(=O)N(C)C)c(C)c2c(=O)n1CCc1ccc(Cl)cc1)C(=O)Nc1cccc(OC)c1. The molecule has 0 aliphatic rings. The van der Waals surface area contributed by atoms with Gasteiger partial charge in [-0.2, -0.15) is 0 Å². The van der Waals surface area contributed by atoms with Crippen molar-refractivity contribution in [1.82, 2.24) is 14.5 Å². The summed E-state index contributed by atoms with van der Waals surface area (Å²) < 4.78 is 6.88. The fourth-order valence-corrected chi connectivity index (χ4v) is 6.57. The zero-order chi connectivity index (χ0) is 29.0. The van der Waals surface area contributed by atoms with Crippen LogP contribution in [0, 0.1) is 6.92 Å². The zero-order valence-corrected chi connectivity index (χ0v) is 25.4. The summed E-state index contributed by atoms with van der Waals surface area (Å²) in [7, 11) is 4.93. The van der Waals surface area contributed by atoms with E-state index in [-0.39, 0.29) is 17.4 Å². The summed E-state index contributed by atoms with van der Waals surface area (Å²) in [6, 6.07) is 14.6. The van der Waals surface area contributed by atoms with Crippen molar-refractivity contribution in [2.45, 2.75) is 43.6 Å². The molecule has 40 heavy (non-hydrogen) atoms. The molecule has 1 atom stereocenters. The maximum absolute atomic E-state index is 13.9. The number of fused-ring (bicyclic) bond motifs is 1. The van der Waals surface area contributed by atoms with Gasteiger partial charge in [-0.1, -0.05) is 48.5 Å². The van der Waals surface area contributed by atoms with Gasteiger partial charge in [0.15, 0.2) is 5.16 Å². The number of benzene rings is 2. The molecule has 2 heterocycles. The summed E-state index contributed by atoms with van der Waals surface area (Å²) in [5.41, 5.74) is 2.03. The first kappa shape index (κ1) is 29.6. The van der Waals surface area contributed by atoms with Gasteiger partial charge in [-0.25, -0.2) is 4.98 Å². The maximum Gasteiger partial charge on any atom is 0.263 e. The molecule has 0 aliphatic heterocycles. The van der Waals surface area contributed by atoms with Gasteiger partial charge in [-0.05, 0) is 55.2 Å². The number of ether oxygens (including phenoxy) is 1. The highest BCUT2D eigenvalue weighted by Gasteiger charge is 2.26. The number of halogens is 1. The molecule has 0 spiro atoms. The third-order valence-corrected chi connectivity index (χ3v) is 9.18. The normalized spacial score (nSPS) is 11.8. The van der Waals surface area contributed by atoms with Gasteiger partial charge < -0.3 is 15.0 Å². The number of nitrogens with one attached hydrogen (secondary N) is 1. The first-order chi connectivity index (χ1) is 19.1. The molecule has 2 aromatic carbocycles. The topological polar surface area (TPSA) is 93.5 Å². The van der Waals surface area contributed by atoms with Crippen LogP contribution in [-0.2, 0) is 17.8 Å². The Morgan fingerprint density at radius 3 is 2.58 bits per heavy atom. The predicted octanol–water partition coefficient (Wildman–Crippen LogP) is 5.88. The van der Waals surface area contributed by atoms with Crippen molar-refractivity contribution in [3.8, 4) is 5.75 Å². The lowest BCUT2D eigenvalue weighted by molar-refractivity contribution is -0.115. The first-order valence-corrected chi connectivity index (χ1v) is 14.8. The van der Waals surface area contributed by atoms with Crippen molar-refractivity contribution in [2.24, 2.45) is 0 Å². The molecule has 0 fully saturated rings. The molecule has 4 rings (SSSR count). The van der Waals surface area contributed by atoms with Gasteiger partial charge in [0.1, 0.15) is 10.6 Å². The van der Waals surface area contributed by atoms with Gasteiger partial charge in [0.25, 0.3) is 11.5 Å². The number of amides is 2. The van der Waals surface area contributed by atoms with Crippen LogP contribution in [0.3, 0.4) is 0 Å². The Bertz CT molecular complexity index is 1600. The molecular formula is C29H31ClN4O4S2. The number of thioether (sulfide) groups is 1. The highest BCUT2D eigenvalue weighted by Crippen LogP contribution is 2.32. The molecule has 0 aliphatic carbocycles. The van der Waals surface area contributed by atoms with Crippen LogP contribution < -0.4 is 15.6 Å². The Kier molecular flexibility index (Phi) is 9.55. The molecule has 0 unspecified atom stereocenters. The van der Waals surface area contributed by atoms with Gasteiger partial charge >= 0.3 is 0 Å². The van der Waals surface area contributed by atoms with Gasteiger partial charge in [0.05, 0.1) is 22.6 Å². The fourth-order valence-electron chi connectivity index (χ4n) is 4.16. The average Bonchev–Trinajstić information content (AvgIpc) is 3.27. The molecular weight excluding hydrogens is 568 g/mol. The maximum atomic E-state index is 13.9. The molecule has 210 valence electrons. The second kappa shape index (κ2) is 12.9. The van der Waals surface area contributed by atoms with E-state index in [1.165, 1.54) is 28.0 Å². The molecule has 2 amide bonds. The second-order valence-corrected chi connectivity index (χ2v) is 12.0. The molecule has 11 heteroatoms. The number of hydrogen-bond acceptors (Lipinski definition) is 7. The van der Waals surface area contributed by atoms with E-state index in [9.17, 15) is 14.4 Å². The van der Waals surface area contributed by atoms with Crippen molar-refractivity contribution in [1.29, 1.82) is 0 Å². The van der Waals surface area contributed by atoms with Gasteiger partial charge in [0, 0.05) is 37.4 Å². The highest BCUT2D eigenvalue weighted by atomic mass is 35.5. The van der Waals surface area contributed by atoms with Gasteiger partial charge in [-0.15, -0.1) is 11.3 Å². The minimum absolute atomic E-state index is 0.175. The number of aryl methyl sites for hydroxylation is 2. The Balaban J connectivity index is 1.72. The lowest BCUT2D eigenvalue weighted by atomic mass is 10.1. The van der Waals surface area contributed by atoms with E-state index in [1.807, 2.05) is 31.2 Å². The summed E-state index contributed by atoms with van der Waals surface area (Å²) in [6.07, 6.45) is 1.08. The largest absolute Gasteiger partial charge is 0.497 e. The number of anilines is 1. The number of aromatic nitrogens is 2. The monoisotopic (exact) mass is 598 g/mol. The number of carbonyl (C=O) groups excluding carboxylic acids is 2. The van der Waals surface area contributed by atoms with Crippen molar-refractivity contribution in [2.75, 3.05) is 26.5 Å². The van der Waals surface area contributed by atoms with Crippen molar-refractivity contribution in [3.63, 3.8) is 0 Å². The summed E-state index contributed by atoms with van der Waals surface area (Å²) in [6.45, 7) is 4.05. The number of rotatable bonds is 10. The molecule has 4 aromatic rings. The number of carbonyl (C=O) groups is 2. The summed E-state index contributed by atoms with van der Waals surface area (Å²) >= 11 is 8.50. The van der Waals surface area contributed by atoms with Gasteiger partial charge in [0.2, 0.25) is 5.91 Å². The van der Waals surface area contributed by atoms with E-state index in [0.29, 0.717) is 61.7 Å². The van der Waals surface area contributed by atoms with Gasteiger partial charge in [-0.3, -0.25) is 19.0 Å². The van der Waals surface area contributed by atoms with E-state index in [4.69, 9.17) is 21.3 Å². The van der Waals surface area contributed by atoms with E-state index >= 15 is 0 Å². The second-order valence-electron chi connectivity index (χ2n) is 9.40. The van der Waals surface area contributed by atoms with Crippen molar-refractivity contribution < 1.29 is 14.3 Å². The van der Waals surface area contributed by atoms with E-state index < -0.39 is 5.25 Å². The number of hydrogen-bond donors (Lipinski definition) is 1. The number of nitrogens with zero attached hydrogens (tertiary/aromatic N) is 3. The Labute approximate surface area is 246 Å². The van der Waals surface area contributed by atoms with Crippen LogP contribution in [0.5, 0.6) is 5.75 Å². The fraction of sp³-hybridized carbons (Fsp3) is 0.310. The Morgan fingerprint density at radius 2 is 1.93 bits per heavy atom. The Morgan fingerprint density at radius 1 is 1.20 bits per heavy atom. The van der Waals surface area contributed by atoms with Crippen LogP contribution >= 0.6 is 34.7 Å². The van der Waals surface area contributed by atoms with Crippen LogP contribution in [-0.4, -0.2) is 52.7 Å². The first-order valence-electron chi connectivity index (χ1n) is 12.7. The molecule has 0 radical (unpaired) electrons. The predicted molar refractivity (Wildman–Crippen MR) is 163 cm³/mol. The lowest BCUT2D eigenvalue weighted by Gasteiger charge is -2.18. The minimum Gasteiger partial charge on any atom is -0.497 e. The van der Waals surface area contributed by atoms with Crippen molar-refractivity contribution in [3.05, 3.63) is 79.9 Å². The molecule has 0 bridgehead atoms. The minimum atomic E-state index is -0.513. The summed E-state index contributed by atoms with van der Waals surface area (Å²) in [4.78, 5) is 47.3. The standard InChI is InChI=1S/C29H31ClN4O4S2/c1-6-22(25(35)31-20-8-7-9-21(16-20)38-5)39-29-32-26-23(17(2)24(40-26)28(37)33(3)4)27(36)34(29)15-14-18-10-12-19(30)13-11-18/h7-13,16,22H,6,14-15H2,1-5H3,(H,31,35)/t22-/m1/s1. The molecule has 0 saturated heterocycles. The van der Waals surface area contributed by atoms with E-state index in [2.05, 4.69) is 5.32 Å². The molecule has 1 N–H and O–H groups in total. The summed E-state index contributed by atoms with van der Waals surface area (Å²) in [5, 5.41) is 3.94. The smallest absolute Gasteiger partial charge is 0.263 e. The van der Waals surface area contributed by atoms with E-state index in [1.54, 1.807) is 57.0 Å². The number of thiophene rings is 1. The zero-order valence-electron chi connectivity index (χ0n) is 23.0.